The van der Waals surface area contributed by atoms with Crippen molar-refractivity contribution in [1.29, 1.82) is 0 Å². The summed E-state index contributed by atoms with van der Waals surface area (Å²) >= 11 is 0. The standard InChI is InChI=1S/C10H10F4/c1-7-3-2-4-8(10(12,13)14)9(11)6-5-7/h2-4,6-7H,5H2,1H3/b3-2-,8-4+,9-6-. The molecule has 0 spiro atoms. The van der Waals surface area contributed by atoms with Crippen LogP contribution in [0.1, 0.15) is 13.3 Å². The van der Waals surface area contributed by atoms with E-state index in [9.17, 15) is 17.6 Å². The summed E-state index contributed by atoms with van der Waals surface area (Å²) in [6.07, 6.45) is 0.283. The van der Waals surface area contributed by atoms with Crippen LogP contribution in [0.3, 0.4) is 0 Å². The van der Waals surface area contributed by atoms with Gasteiger partial charge in [-0.05, 0) is 24.5 Å². The molecule has 0 fully saturated rings. The van der Waals surface area contributed by atoms with Crippen molar-refractivity contribution in [2.45, 2.75) is 19.5 Å². The van der Waals surface area contributed by atoms with Gasteiger partial charge in [0.05, 0.1) is 5.57 Å². The molecule has 1 atom stereocenters. The van der Waals surface area contributed by atoms with Gasteiger partial charge in [0.15, 0.2) is 0 Å². The molecule has 0 aromatic heterocycles. The molecule has 0 heterocycles. The van der Waals surface area contributed by atoms with Crippen molar-refractivity contribution >= 4 is 0 Å². The summed E-state index contributed by atoms with van der Waals surface area (Å²) in [6.45, 7) is 1.81. The molecule has 0 aliphatic heterocycles. The van der Waals surface area contributed by atoms with Crippen molar-refractivity contribution in [2.75, 3.05) is 0 Å². The molecule has 0 N–H and O–H groups in total. The van der Waals surface area contributed by atoms with Crippen molar-refractivity contribution in [1.82, 2.24) is 0 Å². The topological polar surface area (TPSA) is 0 Å². The summed E-state index contributed by atoms with van der Waals surface area (Å²) in [4.78, 5) is 0. The first-order valence-electron chi connectivity index (χ1n) is 4.23. The minimum atomic E-state index is -4.62. The summed E-state index contributed by atoms with van der Waals surface area (Å²) in [5, 5.41) is 0. The molecule has 0 radical (unpaired) electrons. The third-order valence-electron chi connectivity index (χ3n) is 1.93. The van der Waals surface area contributed by atoms with E-state index in [-0.39, 0.29) is 12.3 Å². The molecule has 0 amide bonds. The quantitative estimate of drug-likeness (QED) is 0.527. The lowest BCUT2D eigenvalue weighted by molar-refractivity contribution is -0.0911. The maximum absolute atomic E-state index is 13.0. The molecule has 1 unspecified atom stereocenters. The number of alkyl halides is 3. The minimum absolute atomic E-state index is 0.0618. The lowest BCUT2D eigenvalue weighted by Crippen LogP contribution is -2.13. The Morgan fingerprint density at radius 2 is 2.00 bits per heavy atom. The van der Waals surface area contributed by atoms with E-state index in [0.717, 1.165) is 12.2 Å². The Balaban J connectivity index is 3.03. The van der Waals surface area contributed by atoms with Crippen LogP contribution in [0.5, 0.6) is 0 Å². The number of halogens is 4. The van der Waals surface area contributed by atoms with Gasteiger partial charge in [0.1, 0.15) is 5.83 Å². The molecule has 0 saturated heterocycles. The summed E-state index contributed by atoms with van der Waals surface area (Å²) in [5.74, 6) is -1.12. The van der Waals surface area contributed by atoms with Gasteiger partial charge in [-0.15, -0.1) is 0 Å². The molecule has 1 aliphatic carbocycles. The molecule has 0 aromatic rings. The van der Waals surface area contributed by atoms with Crippen LogP contribution in [0.4, 0.5) is 17.6 Å². The van der Waals surface area contributed by atoms with Crippen molar-refractivity contribution < 1.29 is 17.6 Å². The van der Waals surface area contributed by atoms with Gasteiger partial charge in [-0.1, -0.05) is 19.1 Å². The Morgan fingerprint density at radius 1 is 1.36 bits per heavy atom. The Morgan fingerprint density at radius 3 is 2.57 bits per heavy atom. The van der Waals surface area contributed by atoms with Gasteiger partial charge in [-0.2, -0.15) is 13.2 Å². The van der Waals surface area contributed by atoms with Gasteiger partial charge in [0.2, 0.25) is 0 Å². The van der Waals surface area contributed by atoms with Crippen molar-refractivity contribution in [3.05, 3.63) is 35.7 Å². The first-order chi connectivity index (χ1) is 6.41. The highest BCUT2D eigenvalue weighted by Crippen LogP contribution is 2.33. The molecule has 78 valence electrons. The highest BCUT2D eigenvalue weighted by molar-refractivity contribution is 5.34. The third kappa shape index (κ3) is 2.72. The summed E-state index contributed by atoms with van der Waals surface area (Å²) in [7, 11) is 0. The lowest BCUT2D eigenvalue weighted by atomic mass is 10.0. The fraction of sp³-hybridized carbons (Fsp3) is 0.400. The van der Waals surface area contributed by atoms with Crippen molar-refractivity contribution in [3.63, 3.8) is 0 Å². The fourth-order valence-electron chi connectivity index (χ4n) is 1.13. The summed E-state index contributed by atoms with van der Waals surface area (Å²) < 4.78 is 49.7. The van der Waals surface area contributed by atoms with E-state index in [1.54, 1.807) is 6.08 Å². The largest absolute Gasteiger partial charge is 0.419 e. The highest BCUT2D eigenvalue weighted by Gasteiger charge is 2.36. The van der Waals surface area contributed by atoms with Gasteiger partial charge in [-0.25, -0.2) is 4.39 Å². The van der Waals surface area contributed by atoms with Crippen molar-refractivity contribution in [3.8, 4) is 0 Å². The van der Waals surface area contributed by atoms with E-state index in [1.807, 2.05) is 6.92 Å². The second kappa shape index (κ2) is 3.98. The van der Waals surface area contributed by atoms with E-state index in [2.05, 4.69) is 0 Å². The number of allylic oxidation sites excluding steroid dienone is 6. The molecule has 0 nitrogen and oxygen atoms in total. The zero-order chi connectivity index (χ0) is 10.8. The Kier molecular flexibility index (Phi) is 3.13. The van der Waals surface area contributed by atoms with Gasteiger partial charge >= 0.3 is 6.18 Å². The molecule has 0 saturated carbocycles. The monoisotopic (exact) mass is 206 g/mol. The molecule has 0 aromatic carbocycles. The SMILES string of the molecule is CC1\C=C/C=C(C(F)(F)F)\C(F)=C\C1. The maximum Gasteiger partial charge on any atom is 0.419 e. The van der Waals surface area contributed by atoms with Crippen LogP contribution in [0.25, 0.3) is 0 Å². The lowest BCUT2D eigenvalue weighted by Gasteiger charge is -2.11. The molecule has 1 rings (SSSR count). The predicted molar refractivity (Wildman–Crippen MR) is 46.3 cm³/mol. The average Bonchev–Trinajstić information content (AvgIpc) is 2.03. The maximum atomic E-state index is 13.0. The van der Waals surface area contributed by atoms with Gasteiger partial charge in [0.25, 0.3) is 0 Å². The normalized spacial score (nSPS) is 33.4. The Hall–Kier alpha value is -1.06. The first kappa shape index (κ1) is 11.0. The van der Waals surface area contributed by atoms with Gasteiger partial charge in [0, 0.05) is 0 Å². The van der Waals surface area contributed by atoms with Crippen molar-refractivity contribution in [2.24, 2.45) is 5.92 Å². The predicted octanol–water partition coefficient (Wildman–Crippen LogP) is 3.92. The summed E-state index contributed by atoms with van der Waals surface area (Å²) in [5.41, 5.74) is -1.21. The van der Waals surface area contributed by atoms with E-state index < -0.39 is 17.6 Å². The molecular formula is C10H10F4. The van der Waals surface area contributed by atoms with E-state index in [0.29, 0.717) is 0 Å². The number of rotatable bonds is 0. The van der Waals surface area contributed by atoms with Crippen LogP contribution >= 0.6 is 0 Å². The molecule has 14 heavy (non-hydrogen) atoms. The zero-order valence-electron chi connectivity index (χ0n) is 7.61. The van der Waals surface area contributed by atoms with Crippen LogP contribution in [-0.2, 0) is 0 Å². The average molecular weight is 206 g/mol. The summed E-state index contributed by atoms with van der Waals surface area (Å²) in [6, 6.07) is 0. The Labute approximate surface area is 79.6 Å². The Bertz CT molecular complexity index is 294. The highest BCUT2D eigenvalue weighted by atomic mass is 19.4. The molecule has 4 heteroatoms. The van der Waals surface area contributed by atoms with Crippen LogP contribution in [0.2, 0.25) is 0 Å². The second-order valence-corrected chi connectivity index (χ2v) is 3.23. The van der Waals surface area contributed by atoms with E-state index in [4.69, 9.17) is 0 Å². The van der Waals surface area contributed by atoms with Gasteiger partial charge in [-0.3, -0.25) is 0 Å². The van der Waals surface area contributed by atoms with Crippen LogP contribution in [0.15, 0.2) is 35.7 Å². The molecule has 0 bridgehead atoms. The second-order valence-electron chi connectivity index (χ2n) is 3.23. The van der Waals surface area contributed by atoms with E-state index >= 15 is 0 Å². The first-order valence-corrected chi connectivity index (χ1v) is 4.23. The van der Waals surface area contributed by atoms with Crippen LogP contribution in [0, 0.1) is 5.92 Å². The zero-order valence-corrected chi connectivity index (χ0v) is 7.61. The smallest absolute Gasteiger partial charge is 0.207 e. The minimum Gasteiger partial charge on any atom is -0.207 e. The van der Waals surface area contributed by atoms with E-state index in [1.165, 1.54) is 6.08 Å². The van der Waals surface area contributed by atoms with Crippen LogP contribution in [-0.4, -0.2) is 6.18 Å². The number of hydrogen-bond acceptors (Lipinski definition) is 0. The molecular weight excluding hydrogens is 196 g/mol. The van der Waals surface area contributed by atoms with Gasteiger partial charge < -0.3 is 0 Å². The number of hydrogen-bond donors (Lipinski definition) is 0. The molecule has 1 aliphatic rings. The third-order valence-corrected chi connectivity index (χ3v) is 1.93. The fourth-order valence-corrected chi connectivity index (χ4v) is 1.13. The van der Waals surface area contributed by atoms with Crippen LogP contribution < -0.4 is 0 Å².